The molecule has 0 bridgehead atoms. The zero-order valence-electron chi connectivity index (χ0n) is 9.56. The van der Waals surface area contributed by atoms with Gasteiger partial charge in [0.25, 0.3) is 0 Å². The Morgan fingerprint density at radius 2 is 2.05 bits per heavy atom. The summed E-state index contributed by atoms with van der Waals surface area (Å²) in [7, 11) is 0. The van der Waals surface area contributed by atoms with E-state index >= 15 is 0 Å². The average molecular weight is 400 g/mol. The van der Waals surface area contributed by atoms with Gasteiger partial charge in [0, 0.05) is 19.4 Å². The first-order valence-corrected chi connectivity index (χ1v) is 7.88. The summed E-state index contributed by atoms with van der Waals surface area (Å²) in [6.45, 7) is 0. The van der Waals surface area contributed by atoms with Gasteiger partial charge in [-0.2, -0.15) is 0 Å². The van der Waals surface area contributed by atoms with E-state index in [2.05, 4.69) is 37.0 Å². The highest BCUT2D eigenvalue weighted by Gasteiger charge is 2.20. The maximum atomic E-state index is 5.91. The summed E-state index contributed by atoms with van der Waals surface area (Å²) >= 11 is 8.61. The number of hydrogen-bond acceptors (Lipinski definition) is 4. The highest BCUT2D eigenvalue weighted by atomic mass is 79.9. The van der Waals surface area contributed by atoms with Gasteiger partial charge in [0.15, 0.2) is 0 Å². The van der Waals surface area contributed by atoms with Gasteiger partial charge in [0.05, 0.1) is 5.56 Å². The second-order valence-corrected chi connectivity index (χ2v) is 6.59. The molecule has 3 nitrogen and oxygen atoms in total. The smallest absolute Gasteiger partial charge is 0.231 e. The van der Waals surface area contributed by atoms with Crippen molar-refractivity contribution in [3.63, 3.8) is 0 Å². The van der Waals surface area contributed by atoms with Crippen LogP contribution in [0.1, 0.15) is 0 Å². The van der Waals surface area contributed by atoms with Crippen LogP contribution in [0, 0.1) is 0 Å². The number of thiophene rings is 1. The Balaban J connectivity index is 2.24. The summed E-state index contributed by atoms with van der Waals surface area (Å²) in [5.41, 5.74) is 8.44. The van der Waals surface area contributed by atoms with E-state index in [1.807, 2.05) is 35.7 Å². The first-order valence-electron chi connectivity index (χ1n) is 5.41. The highest BCUT2D eigenvalue weighted by Crippen LogP contribution is 2.41. The number of nitrogens with zero attached hydrogens (tertiary/aromatic N) is 1. The minimum absolute atomic E-state index is 0.337. The third-order valence-electron chi connectivity index (χ3n) is 2.67. The SMILES string of the molecule is Nc1onc(-c2cc(Br)ccc2Br)c1-c1cccs1. The van der Waals surface area contributed by atoms with Crippen molar-refractivity contribution >= 4 is 49.1 Å². The Kier molecular flexibility index (Phi) is 3.47. The van der Waals surface area contributed by atoms with Crippen molar-refractivity contribution in [1.82, 2.24) is 5.16 Å². The topological polar surface area (TPSA) is 52.0 Å². The molecule has 0 unspecified atom stereocenters. The molecule has 0 aliphatic rings. The first-order chi connectivity index (χ1) is 9.16. The molecule has 2 aromatic heterocycles. The molecule has 0 amide bonds. The fourth-order valence-corrected chi connectivity index (χ4v) is 3.40. The molecule has 96 valence electrons. The number of nitrogens with two attached hydrogens (primary N) is 1. The van der Waals surface area contributed by atoms with Crippen molar-refractivity contribution in [3.8, 4) is 21.7 Å². The van der Waals surface area contributed by atoms with E-state index in [0.717, 1.165) is 30.6 Å². The maximum absolute atomic E-state index is 5.91. The van der Waals surface area contributed by atoms with E-state index in [0.29, 0.717) is 5.88 Å². The number of rotatable bonds is 2. The van der Waals surface area contributed by atoms with Gasteiger partial charge in [0.2, 0.25) is 5.88 Å². The molecule has 0 aliphatic carbocycles. The molecule has 1 aromatic carbocycles. The molecule has 2 heterocycles. The van der Waals surface area contributed by atoms with Gasteiger partial charge in [0.1, 0.15) is 5.69 Å². The summed E-state index contributed by atoms with van der Waals surface area (Å²) in [5, 5.41) is 6.10. The average Bonchev–Trinajstić information content (AvgIpc) is 3.01. The van der Waals surface area contributed by atoms with Gasteiger partial charge in [-0.05, 0) is 29.6 Å². The third kappa shape index (κ3) is 2.35. The predicted octanol–water partition coefficient (Wildman–Crippen LogP) is 5.18. The van der Waals surface area contributed by atoms with Crippen molar-refractivity contribution in [3.05, 3.63) is 44.7 Å². The number of hydrogen-bond donors (Lipinski definition) is 1. The number of halogens is 2. The summed E-state index contributed by atoms with van der Waals surface area (Å²) in [6, 6.07) is 9.89. The quantitative estimate of drug-likeness (QED) is 0.645. The van der Waals surface area contributed by atoms with Crippen LogP contribution in [0.3, 0.4) is 0 Å². The van der Waals surface area contributed by atoms with Crippen LogP contribution in [0.15, 0.2) is 49.2 Å². The normalized spacial score (nSPS) is 10.8. The van der Waals surface area contributed by atoms with E-state index in [9.17, 15) is 0 Å². The molecule has 0 saturated heterocycles. The molecular formula is C13H8Br2N2OS. The van der Waals surface area contributed by atoms with Crippen LogP contribution in [-0.2, 0) is 0 Å². The Morgan fingerprint density at radius 1 is 1.21 bits per heavy atom. The second-order valence-electron chi connectivity index (χ2n) is 3.87. The van der Waals surface area contributed by atoms with Crippen molar-refractivity contribution in [2.24, 2.45) is 0 Å². The van der Waals surface area contributed by atoms with Crippen LogP contribution >= 0.6 is 43.2 Å². The van der Waals surface area contributed by atoms with Gasteiger partial charge in [-0.3, -0.25) is 0 Å². The molecule has 3 rings (SSSR count). The Morgan fingerprint density at radius 3 is 2.79 bits per heavy atom. The lowest BCUT2D eigenvalue weighted by molar-refractivity contribution is 0.439. The van der Waals surface area contributed by atoms with Crippen molar-refractivity contribution in [2.45, 2.75) is 0 Å². The fourth-order valence-electron chi connectivity index (χ4n) is 1.82. The molecular weight excluding hydrogens is 392 g/mol. The summed E-state index contributed by atoms with van der Waals surface area (Å²) < 4.78 is 7.09. The Bertz CT molecular complexity index is 722. The monoisotopic (exact) mass is 398 g/mol. The van der Waals surface area contributed by atoms with E-state index in [1.54, 1.807) is 11.3 Å². The number of aromatic nitrogens is 1. The van der Waals surface area contributed by atoms with Crippen molar-refractivity contribution in [1.29, 1.82) is 0 Å². The standard InChI is InChI=1S/C13H8Br2N2OS/c14-7-3-4-9(15)8(6-7)12-11(13(16)18-17-12)10-2-1-5-19-10/h1-6H,16H2. The van der Waals surface area contributed by atoms with Crippen LogP contribution in [0.2, 0.25) is 0 Å². The lowest BCUT2D eigenvalue weighted by Gasteiger charge is -2.04. The van der Waals surface area contributed by atoms with Gasteiger partial charge in [-0.15, -0.1) is 11.3 Å². The van der Waals surface area contributed by atoms with E-state index in [-0.39, 0.29) is 0 Å². The minimum Gasteiger partial charge on any atom is -0.367 e. The zero-order valence-corrected chi connectivity index (χ0v) is 13.5. The van der Waals surface area contributed by atoms with Crippen LogP contribution in [0.4, 0.5) is 5.88 Å². The van der Waals surface area contributed by atoms with Gasteiger partial charge in [-0.25, -0.2) is 0 Å². The molecule has 6 heteroatoms. The van der Waals surface area contributed by atoms with Crippen molar-refractivity contribution in [2.75, 3.05) is 5.73 Å². The number of benzene rings is 1. The lowest BCUT2D eigenvalue weighted by Crippen LogP contribution is -1.86. The maximum Gasteiger partial charge on any atom is 0.231 e. The summed E-state index contributed by atoms with van der Waals surface area (Å²) in [5.74, 6) is 0.337. The fraction of sp³-hybridized carbons (Fsp3) is 0. The largest absolute Gasteiger partial charge is 0.367 e. The molecule has 19 heavy (non-hydrogen) atoms. The van der Waals surface area contributed by atoms with E-state index in [1.165, 1.54) is 0 Å². The van der Waals surface area contributed by atoms with Gasteiger partial charge < -0.3 is 10.3 Å². The van der Waals surface area contributed by atoms with E-state index in [4.69, 9.17) is 10.3 Å². The summed E-state index contributed by atoms with van der Waals surface area (Å²) in [4.78, 5) is 1.04. The predicted molar refractivity (Wildman–Crippen MR) is 85.1 cm³/mol. The second kappa shape index (κ2) is 5.11. The third-order valence-corrected chi connectivity index (χ3v) is 4.74. The highest BCUT2D eigenvalue weighted by molar-refractivity contribution is 9.11. The molecule has 0 atom stereocenters. The lowest BCUT2D eigenvalue weighted by atomic mass is 10.1. The van der Waals surface area contributed by atoms with Gasteiger partial charge >= 0.3 is 0 Å². The Hall–Kier alpha value is -1.11. The van der Waals surface area contributed by atoms with Gasteiger partial charge in [-0.1, -0.05) is 43.1 Å². The molecule has 0 radical (unpaired) electrons. The first kappa shape index (κ1) is 12.9. The summed E-state index contributed by atoms with van der Waals surface area (Å²) in [6.07, 6.45) is 0. The molecule has 0 saturated carbocycles. The number of nitrogen functional groups attached to an aromatic ring is 1. The molecule has 0 fully saturated rings. The van der Waals surface area contributed by atoms with E-state index < -0.39 is 0 Å². The Labute approximate surface area is 130 Å². The molecule has 0 spiro atoms. The molecule has 3 aromatic rings. The van der Waals surface area contributed by atoms with Crippen LogP contribution in [0.5, 0.6) is 0 Å². The minimum atomic E-state index is 0.337. The molecule has 2 N–H and O–H groups in total. The molecule has 0 aliphatic heterocycles. The van der Waals surface area contributed by atoms with Crippen LogP contribution in [0.25, 0.3) is 21.7 Å². The van der Waals surface area contributed by atoms with Crippen LogP contribution in [-0.4, -0.2) is 5.16 Å². The van der Waals surface area contributed by atoms with Crippen LogP contribution < -0.4 is 5.73 Å². The zero-order chi connectivity index (χ0) is 13.4. The number of anilines is 1. The van der Waals surface area contributed by atoms with Crippen molar-refractivity contribution < 1.29 is 4.52 Å².